The maximum absolute atomic E-state index is 13.1. The number of nitrogens with two attached hydrogens (primary N) is 2. The summed E-state index contributed by atoms with van der Waals surface area (Å²) in [4.78, 5) is 31.1. The van der Waals surface area contributed by atoms with Crippen LogP contribution in [0.15, 0.2) is 41.8 Å². The molecule has 0 aliphatic heterocycles. The fourth-order valence-corrected chi connectivity index (χ4v) is 5.52. The Morgan fingerprint density at radius 2 is 1.91 bits per heavy atom. The van der Waals surface area contributed by atoms with Crippen LogP contribution in [-0.4, -0.2) is 23.9 Å². The van der Waals surface area contributed by atoms with Gasteiger partial charge in [-0.3, -0.25) is 9.59 Å². The maximum atomic E-state index is 13.1. The molecule has 2 amide bonds. The topological polar surface area (TPSA) is 120 Å². The van der Waals surface area contributed by atoms with Crippen LogP contribution < -0.4 is 21.5 Å². The van der Waals surface area contributed by atoms with E-state index in [2.05, 4.69) is 17.2 Å². The highest BCUT2D eigenvalue weighted by Crippen LogP contribution is 2.38. The summed E-state index contributed by atoms with van der Waals surface area (Å²) in [6, 6.07) is 11.1. The van der Waals surface area contributed by atoms with Gasteiger partial charge in [0.2, 0.25) is 0 Å². The van der Waals surface area contributed by atoms with Crippen LogP contribution >= 0.6 is 22.7 Å². The van der Waals surface area contributed by atoms with Gasteiger partial charge in [0.05, 0.1) is 18.4 Å². The first-order valence-corrected chi connectivity index (χ1v) is 12.2. The monoisotopic (exact) mass is 480 g/mol. The minimum atomic E-state index is -0.621. The number of thiophene rings is 2. The Morgan fingerprint density at radius 1 is 1.15 bits per heavy atom. The van der Waals surface area contributed by atoms with E-state index < -0.39 is 11.8 Å². The molecular formula is C24H24N4O3S2. The molecule has 3 aromatic heterocycles. The lowest BCUT2D eigenvalue weighted by atomic mass is 10.0. The van der Waals surface area contributed by atoms with E-state index in [4.69, 9.17) is 16.2 Å². The molecule has 0 saturated carbocycles. The fourth-order valence-electron chi connectivity index (χ4n) is 3.54. The molecule has 33 heavy (non-hydrogen) atoms. The summed E-state index contributed by atoms with van der Waals surface area (Å²) in [5.41, 5.74) is 15.0. The highest BCUT2D eigenvalue weighted by atomic mass is 32.1. The smallest absolute Gasteiger partial charge is 0.268 e. The SMILES string of the molecule is CCCCc1ccc2c(N)c(C(=O)Nc3scc(-c4ccc(OC)cc4)c3C(N)=O)sc2n1. The minimum absolute atomic E-state index is 0.262. The van der Waals surface area contributed by atoms with Crippen LogP contribution in [0.4, 0.5) is 10.7 Å². The number of methoxy groups -OCH3 is 1. The van der Waals surface area contributed by atoms with Crippen LogP contribution in [0.3, 0.4) is 0 Å². The van der Waals surface area contributed by atoms with Crippen molar-refractivity contribution in [2.45, 2.75) is 26.2 Å². The number of hydrogen-bond acceptors (Lipinski definition) is 7. The highest BCUT2D eigenvalue weighted by Gasteiger charge is 2.23. The Balaban J connectivity index is 1.64. The Kier molecular flexibility index (Phi) is 6.62. The second-order valence-corrected chi connectivity index (χ2v) is 9.38. The second kappa shape index (κ2) is 9.60. The summed E-state index contributed by atoms with van der Waals surface area (Å²) >= 11 is 2.49. The van der Waals surface area contributed by atoms with Crippen molar-refractivity contribution in [2.24, 2.45) is 5.73 Å². The van der Waals surface area contributed by atoms with Gasteiger partial charge in [0.15, 0.2) is 0 Å². The number of carbonyl (C=O) groups excluding carboxylic acids is 2. The van der Waals surface area contributed by atoms with Crippen LogP contribution in [0.5, 0.6) is 5.75 Å². The lowest BCUT2D eigenvalue weighted by molar-refractivity contribution is 0.100. The summed E-state index contributed by atoms with van der Waals surface area (Å²) in [5, 5.41) is 5.76. The molecule has 0 aliphatic carbocycles. The van der Waals surface area contributed by atoms with Crippen molar-refractivity contribution < 1.29 is 14.3 Å². The van der Waals surface area contributed by atoms with Gasteiger partial charge in [-0.1, -0.05) is 25.5 Å². The van der Waals surface area contributed by atoms with Gasteiger partial charge >= 0.3 is 0 Å². The van der Waals surface area contributed by atoms with Crippen molar-refractivity contribution in [3.05, 3.63) is 57.9 Å². The number of anilines is 2. The van der Waals surface area contributed by atoms with Crippen LogP contribution in [0, 0.1) is 0 Å². The fraction of sp³-hybridized carbons (Fsp3) is 0.208. The van der Waals surface area contributed by atoms with Crippen LogP contribution in [0.2, 0.25) is 0 Å². The van der Waals surface area contributed by atoms with E-state index in [0.29, 0.717) is 26.9 Å². The average Bonchev–Trinajstić information content (AvgIpc) is 3.38. The van der Waals surface area contributed by atoms with Gasteiger partial charge in [-0.25, -0.2) is 4.98 Å². The zero-order valence-corrected chi connectivity index (χ0v) is 19.9. The third-order valence-electron chi connectivity index (χ3n) is 5.31. The molecular weight excluding hydrogens is 456 g/mol. The number of unbranched alkanes of at least 4 members (excludes halogenated alkanes) is 1. The number of carbonyl (C=O) groups is 2. The number of pyridine rings is 1. The van der Waals surface area contributed by atoms with E-state index in [0.717, 1.165) is 40.7 Å². The molecule has 1 aromatic carbocycles. The van der Waals surface area contributed by atoms with Gasteiger partial charge in [0.1, 0.15) is 20.5 Å². The van der Waals surface area contributed by atoms with E-state index in [-0.39, 0.29) is 5.56 Å². The number of fused-ring (bicyclic) bond motifs is 1. The molecule has 7 nitrogen and oxygen atoms in total. The van der Waals surface area contributed by atoms with Crippen molar-refractivity contribution in [2.75, 3.05) is 18.2 Å². The van der Waals surface area contributed by atoms with Crippen molar-refractivity contribution in [3.63, 3.8) is 0 Å². The summed E-state index contributed by atoms with van der Waals surface area (Å²) in [6.07, 6.45) is 3.02. The largest absolute Gasteiger partial charge is 0.497 e. The molecule has 5 N–H and O–H groups in total. The zero-order valence-electron chi connectivity index (χ0n) is 18.3. The summed E-state index contributed by atoms with van der Waals surface area (Å²) in [5.74, 6) is -0.310. The first-order valence-electron chi connectivity index (χ1n) is 10.5. The average molecular weight is 481 g/mol. The molecule has 0 radical (unpaired) electrons. The number of primary amides is 1. The van der Waals surface area contributed by atoms with Gasteiger partial charge in [-0.15, -0.1) is 22.7 Å². The number of nitrogen functional groups attached to an aromatic ring is 1. The lowest BCUT2D eigenvalue weighted by Gasteiger charge is -2.07. The number of hydrogen-bond donors (Lipinski definition) is 3. The van der Waals surface area contributed by atoms with Crippen LogP contribution in [0.25, 0.3) is 21.3 Å². The summed E-state index contributed by atoms with van der Waals surface area (Å²) in [7, 11) is 1.59. The molecule has 4 rings (SSSR count). The summed E-state index contributed by atoms with van der Waals surface area (Å²) < 4.78 is 5.19. The van der Waals surface area contributed by atoms with Gasteiger partial charge < -0.3 is 21.5 Å². The van der Waals surface area contributed by atoms with Crippen molar-refractivity contribution in [1.82, 2.24) is 4.98 Å². The number of benzene rings is 1. The minimum Gasteiger partial charge on any atom is -0.497 e. The number of rotatable bonds is 8. The summed E-state index contributed by atoms with van der Waals surface area (Å²) in [6.45, 7) is 2.13. The van der Waals surface area contributed by atoms with Gasteiger partial charge in [-0.05, 0) is 42.7 Å². The number of aryl methyl sites for hydroxylation is 1. The van der Waals surface area contributed by atoms with Crippen molar-refractivity contribution in [3.8, 4) is 16.9 Å². The number of aromatic nitrogens is 1. The molecule has 0 spiro atoms. The molecule has 170 valence electrons. The van der Waals surface area contributed by atoms with E-state index >= 15 is 0 Å². The first kappa shape index (κ1) is 22.8. The van der Waals surface area contributed by atoms with E-state index in [1.807, 2.05) is 24.3 Å². The number of amides is 2. The second-order valence-electron chi connectivity index (χ2n) is 7.50. The Bertz CT molecular complexity index is 1330. The third-order valence-corrected chi connectivity index (χ3v) is 7.32. The van der Waals surface area contributed by atoms with Crippen molar-refractivity contribution in [1.29, 1.82) is 0 Å². The molecule has 0 fully saturated rings. The Labute approximate surface area is 199 Å². The van der Waals surface area contributed by atoms with E-state index in [1.54, 1.807) is 24.6 Å². The molecule has 4 aromatic rings. The van der Waals surface area contributed by atoms with Gasteiger partial charge in [0, 0.05) is 22.0 Å². The molecule has 0 saturated heterocycles. The number of nitrogens with one attached hydrogen (secondary N) is 1. The molecule has 3 heterocycles. The standard InChI is InChI=1S/C24H24N4O3S2/c1-3-4-5-14-8-11-16-19(25)20(33-23(16)27-14)22(30)28-24-18(21(26)29)17(12-32-24)13-6-9-15(31-2)10-7-13/h6-12H,3-5,25H2,1-2H3,(H2,26,29)(H,28,30). The number of ether oxygens (including phenoxy) is 1. The van der Waals surface area contributed by atoms with E-state index in [9.17, 15) is 9.59 Å². The molecule has 9 heteroatoms. The van der Waals surface area contributed by atoms with E-state index in [1.165, 1.54) is 22.7 Å². The molecule has 0 unspecified atom stereocenters. The van der Waals surface area contributed by atoms with Gasteiger partial charge in [-0.2, -0.15) is 0 Å². The maximum Gasteiger partial charge on any atom is 0.268 e. The van der Waals surface area contributed by atoms with Crippen LogP contribution in [0.1, 0.15) is 45.5 Å². The van der Waals surface area contributed by atoms with Crippen molar-refractivity contribution >= 4 is 55.4 Å². The predicted molar refractivity (Wildman–Crippen MR) is 135 cm³/mol. The molecule has 0 bridgehead atoms. The van der Waals surface area contributed by atoms with Gasteiger partial charge in [0.25, 0.3) is 11.8 Å². The lowest BCUT2D eigenvalue weighted by Crippen LogP contribution is -2.17. The highest BCUT2D eigenvalue weighted by molar-refractivity contribution is 7.21. The quantitative estimate of drug-likeness (QED) is 0.316. The molecule has 0 aliphatic rings. The Hall–Kier alpha value is -3.43. The molecule has 0 atom stereocenters. The Morgan fingerprint density at radius 3 is 2.58 bits per heavy atom. The third kappa shape index (κ3) is 4.55. The zero-order chi connectivity index (χ0) is 23.5. The van der Waals surface area contributed by atoms with Crippen LogP contribution in [-0.2, 0) is 6.42 Å². The number of nitrogens with zero attached hydrogens (tertiary/aromatic N) is 1. The first-order chi connectivity index (χ1) is 15.9. The normalized spacial score (nSPS) is 11.0. The predicted octanol–water partition coefficient (Wildman–Crippen LogP) is 5.31.